The van der Waals surface area contributed by atoms with E-state index in [1.165, 1.54) is 6.92 Å². The van der Waals surface area contributed by atoms with Crippen LogP contribution in [0.2, 0.25) is 0 Å². The highest BCUT2D eigenvalue weighted by atomic mass is 16.7. The zero-order valence-corrected chi connectivity index (χ0v) is 24.3. The maximum Gasteiger partial charge on any atom is 0.249 e. The minimum Gasteiger partial charge on any atom is -0.468 e. The van der Waals surface area contributed by atoms with Crippen LogP contribution in [-0.4, -0.2) is 142 Å². The van der Waals surface area contributed by atoms with E-state index in [0.29, 0.717) is 18.6 Å². The van der Waals surface area contributed by atoms with Crippen LogP contribution in [0.3, 0.4) is 0 Å². The standard InChI is InChI=1S/C26H48N6O11/c1-26(39)8-18(36)24(40-12-26)43-22-16(32-23(38)17(35)5-6-31-25(28)29)7-15(27)21(20(22)37)42-19-4-2-3-14(41-19)10-30-9-13(34)11-33/h3,13,15-22,24,30,33-37,39H,2,4-12,27H2,1H3,(H,32,38)(H4,28,29,31)/t13?,15?,16?,17?,18?,19-,20?,21-,22+,24?,26-/m1/s1. The van der Waals surface area contributed by atoms with Crippen LogP contribution >= 0.6 is 0 Å². The summed E-state index contributed by atoms with van der Waals surface area (Å²) in [5, 5.41) is 66.7. The summed E-state index contributed by atoms with van der Waals surface area (Å²) in [6.07, 6.45) is -6.36. The molecule has 1 saturated heterocycles. The number of rotatable bonds is 14. The van der Waals surface area contributed by atoms with Crippen LogP contribution in [0, 0.1) is 0 Å². The average molecular weight is 621 g/mol. The lowest BCUT2D eigenvalue weighted by molar-refractivity contribution is -0.297. The Bertz CT molecular complexity index is 953. The number of guanidine groups is 1. The van der Waals surface area contributed by atoms with E-state index in [0.717, 1.165) is 0 Å². The van der Waals surface area contributed by atoms with E-state index in [1.54, 1.807) is 0 Å². The zero-order chi connectivity index (χ0) is 31.7. The lowest BCUT2D eigenvalue weighted by Crippen LogP contribution is -2.67. The Morgan fingerprint density at radius 1 is 1.26 bits per heavy atom. The van der Waals surface area contributed by atoms with Gasteiger partial charge in [0.05, 0.1) is 37.5 Å². The summed E-state index contributed by atoms with van der Waals surface area (Å²) >= 11 is 0. The molecule has 0 aromatic rings. The molecule has 17 heteroatoms. The van der Waals surface area contributed by atoms with Crippen molar-refractivity contribution >= 4 is 11.9 Å². The second-order valence-electron chi connectivity index (χ2n) is 11.5. The highest BCUT2D eigenvalue weighted by Gasteiger charge is 2.49. The number of aliphatic hydroxyl groups is 6. The second-order valence-corrected chi connectivity index (χ2v) is 11.5. The predicted octanol–water partition coefficient (Wildman–Crippen LogP) is -4.82. The van der Waals surface area contributed by atoms with Gasteiger partial charge in [0.2, 0.25) is 5.91 Å². The third kappa shape index (κ3) is 10.8. The number of carbonyl (C=O) groups excluding carboxylic acids is 1. The molecule has 2 heterocycles. The number of nitrogens with two attached hydrogens (primary N) is 3. The Labute approximate surface area is 250 Å². The molecule has 17 nitrogen and oxygen atoms in total. The molecule has 0 spiro atoms. The van der Waals surface area contributed by atoms with Crippen molar-refractivity contribution in [1.29, 1.82) is 0 Å². The van der Waals surface area contributed by atoms with E-state index in [9.17, 15) is 30.3 Å². The molecule has 0 bridgehead atoms. The number of hydrogen-bond donors (Lipinski definition) is 11. The fourth-order valence-electron chi connectivity index (χ4n) is 5.19. The van der Waals surface area contributed by atoms with E-state index < -0.39 is 72.8 Å². The van der Waals surface area contributed by atoms with Crippen LogP contribution in [0.5, 0.6) is 0 Å². The van der Waals surface area contributed by atoms with E-state index >= 15 is 0 Å². The lowest BCUT2D eigenvalue weighted by Gasteiger charge is -2.47. The monoisotopic (exact) mass is 620 g/mol. The van der Waals surface area contributed by atoms with Gasteiger partial charge in [0.1, 0.15) is 36.3 Å². The molecular formula is C26H48N6O11. The molecule has 7 unspecified atom stereocenters. The lowest BCUT2D eigenvalue weighted by atomic mass is 9.83. The Kier molecular flexibility index (Phi) is 13.3. The molecule has 3 rings (SSSR count). The van der Waals surface area contributed by atoms with Gasteiger partial charge >= 0.3 is 0 Å². The van der Waals surface area contributed by atoms with Gasteiger partial charge in [-0.25, -0.2) is 0 Å². The van der Waals surface area contributed by atoms with Gasteiger partial charge in [0, 0.05) is 38.4 Å². The summed E-state index contributed by atoms with van der Waals surface area (Å²) in [6.45, 7) is 1.45. The quantitative estimate of drug-likeness (QED) is 0.0641. The topological polar surface area (TPSA) is 290 Å². The van der Waals surface area contributed by atoms with Crippen molar-refractivity contribution in [2.24, 2.45) is 22.2 Å². The molecule has 11 atom stereocenters. The molecule has 3 aliphatic rings. The SMILES string of the molecule is C[C@]1(O)COC(O[C@H]2C(NC(=O)C(O)CCN=C(N)N)CC(N)[C@@H](O[C@@H]3CCC=C(CNCC(O)CO)O3)C2O)C(O)C1. The maximum atomic E-state index is 12.8. The van der Waals surface area contributed by atoms with Crippen LogP contribution in [0.25, 0.3) is 0 Å². The van der Waals surface area contributed by atoms with Crippen molar-refractivity contribution in [2.45, 2.75) is 106 Å². The number of allylic oxidation sites excluding steroid dienone is 1. The van der Waals surface area contributed by atoms with Crippen LogP contribution in [-0.2, 0) is 23.7 Å². The molecular weight excluding hydrogens is 572 g/mol. The van der Waals surface area contributed by atoms with E-state index in [2.05, 4.69) is 15.6 Å². The van der Waals surface area contributed by atoms with Gasteiger partial charge in [-0.15, -0.1) is 0 Å². The summed E-state index contributed by atoms with van der Waals surface area (Å²) in [6, 6.07) is -1.72. The van der Waals surface area contributed by atoms with Gasteiger partial charge in [-0.3, -0.25) is 9.79 Å². The van der Waals surface area contributed by atoms with Gasteiger partial charge < -0.3 is 77.4 Å². The number of aliphatic hydroxyl groups excluding tert-OH is 5. The third-order valence-electron chi connectivity index (χ3n) is 7.41. The molecule has 1 saturated carbocycles. The van der Waals surface area contributed by atoms with Crippen LogP contribution in [0.4, 0.5) is 0 Å². The van der Waals surface area contributed by atoms with Gasteiger partial charge in [-0.1, -0.05) is 0 Å². The van der Waals surface area contributed by atoms with Crippen LogP contribution < -0.4 is 27.8 Å². The summed E-state index contributed by atoms with van der Waals surface area (Å²) in [5.74, 6) is -0.390. The smallest absolute Gasteiger partial charge is 0.249 e. The molecule has 43 heavy (non-hydrogen) atoms. The van der Waals surface area contributed by atoms with Gasteiger partial charge in [-0.05, 0) is 25.8 Å². The number of carbonyl (C=O) groups is 1. The van der Waals surface area contributed by atoms with Crippen molar-refractivity contribution in [2.75, 3.05) is 32.8 Å². The van der Waals surface area contributed by atoms with Crippen molar-refractivity contribution in [1.82, 2.24) is 10.6 Å². The van der Waals surface area contributed by atoms with E-state index in [1.807, 2.05) is 6.08 Å². The fraction of sp³-hybridized carbons (Fsp3) is 0.846. The van der Waals surface area contributed by atoms with Crippen LogP contribution in [0.1, 0.15) is 39.0 Å². The third-order valence-corrected chi connectivity index (χ3v) is 7.41. The van der Waals surface area contributed by atoms with Crippen LogP contribution in [0.15, 0.2) is 16.8 Å². The minimum absolute atomic E-state index is 0.0109. The van der Waals surface area contributed by atoms with Gasteiger partial charge in [-0.2, -0.15) is 0 Å². The first-order chi connectivity index (χ1) is 20.3. The molecule has 14 N–H and O–H groups in total. The molecule has 1 amide bonds. The number of ether oxygens (including phenoxy) is 4. The molecule has 2 fully saturated rings. The zero-order valence-electron chi connectivity index (χ0n) is 24.3. The molecule has 248 valence electrons. The molecule has 0 aromatic carbocycles. The highest BCUT2D eigenvalue weighted by molar-refractivity contribution is 5.81. The second kappa shape index (κ2) is 16.2. The average Bonchev–Trinajstić information content (AvgIpc) is 2.93. The van der Waals surface area contributed by atoms with Crippen molar-refractivity contribution < 1.29 is 54.4 Å². The first-order valence-corrected chi connectivity index (χ1v) is 14.5. The van der Waals surface area contributed by atoms with E-state index in [4.69, 9.17) is 41.3 Å². The summed E-state index contributed by atoms with van der Waals surface area (Å²) in [5.41, 5.74) is 15.7. The number of nitrogens with one attached hydrogen (secondary N) is 2. The Morgan fingerprint density at radius 3 is 2.67 bits per heavy atom. The normalized spacial score (nSPS) is 36.1. The first kappa shape index (κ1) is 35.3. The van der Waals surface area contributed by atoms with Crippen molar-refractivity contribution in [3.05, 3.63) is 11.8 Å². The van der Waals surface area contributed by atoms with Crippen molar-refractivity contribution in [3.63, 3.8) is 0 Å². The number of aliphatic imine (C=N–C) groups is 1. The van der Waals surface area contributed by atoms with Crippen molar-refractivity contribution in [3.8, 4) is 0 Å². The molecule has 0 radical (unpaired) electrons. The number of nitrogens with zero attached hydrogens (tertiary/aromatic N) is 1. The summed E-state index contributed by atoms with van der Waals surface area (Å²) in [4.78, 5) is 16.6. The summed E-state index contributed by atoms with van der Waals surface area (Å²) in [7, 11) is 0. The number of hydrogen-bond acceptors (Lipinski definition) is 14. The molecule has 1 aliphatic carbocycles. The van der Waals surface area contributed by atoms with E-state index in [-0.39, 0.29) is 58.1 Å². The Hall–Kier alpha value is -2.16. The highest BCUT2D eigenvalue weighted by Crippen LogP contribution is 2.32. The fourth-order valence-corrected chi connectivity index (χ4v) is 5.19. The summed E-state index contributed by atoms with van der Waals surface area (Å²) < 4.78 is 23.6. The Balaban J connectivity index is 1.69. The maximum absolute atomic E-state index is 12.8. The predicted molar refractivity (Wildman–Crippen MR) is 151 cm³/mol. The Morgan fingerprint density at radius 2 is 2.00 bits per heavy atom. The molecule has 2 aliphatic heterocycles. The minimum atomic E-state index is -1.47. The first-order valence-electron chi connectivity index (χ1n) is 14.5. The largest absolute Gasteiger partial charge is 0.468 e. The van der Waals surface area contributed by atoms with Gasteiger partial charge in [0.25, 0.3) is 0 Å². The number of amides is 1. The van der Waals surface area contributed by atoms with Gasteiger partial charge in [0.15, 0.2) is 18.5 Å². The molecule has 0 aromatic heterocycles.